The van der Waals surface area contributed by atoms with Crippen LogP contribution in [0.25, 0.3) is 11.1 Å². The lowest BCUT2D eigenvalue weighted by Crippen LogP contribution is -2.34. The first-order valence-electron chi connectivity index (χ1n) is 10.0. The van der Waals surface area contributed by atoms with Crippen molar-refractivity contribution in [1.82, 2.24) is 14.5 Å². The summed E-state index contributed by atoms with van der Waals surface area (Å²) >= 11 is 0. The van der Waals surface area contributed by atoms with Gasteiger partial charge in [-0.2, -0.15) is 0 Å². The molecule has 0 aliphatic heterocycles. The molecule has 0 amide bonds. The number of benzene rings is 1. The molecule has 1 aliphatic rings. The van der Waals surface area contributed by atoms with Crippen molar-refractivity contribution in [3.8, 4) is 11.1 Å². The third kappa shape index (κ3) is 3.37. The van der Waals surface area contributed by atoms with E-state index in [1.807, 2.05) is 35.3 Å². The van der Waals surface area contributed by atoms with Crippen molar-refractivity contribution >= 4 is 0 Å². The third-order valence-electron chi connectivity index (χ3n) is 6.32. The van der Waals surface area contributed by atoms with Gasteiger partial charge >= 0.3 is 0 Å². The van der Waals surface area contributed by atoms with Crippen LogP contribution in [0.1, 0.15) is 63.3 Å². The SMILES string of the molecule is CC1(C)CCC(C)(C)c2cc(C(O)Cn3ccnc3)c(-c3ccncc3)cc21. The molecule has 0 saturated heterocycles. The van der Waals surface area contributed by atoms with E-state index < -0.39 is 6.10 Å². The average Bonchev–Trinajstić information content (AvgIpc) is 3.18. The second-order valence-electron chi connectivity index (χ2n) is 9.26. The molecule has 0 bridgehead atoms. The minimum Gasteiger partial charge on any atom is -0.387 e. The molecule has 4 nitrogen and oxygen atoms in total. The number of hydrogen-bond acceptors (Lipinski definition) is 3. The first-order valence-corrected chi connectivity index (χ1v) is 10.0. The fraction of sp³-hybridized carbons (Fsp3) is 0.417. The van der Waals surface area contributed by atoms with E-state index in [1.165, 1.54) is 17.5 Å². The zero-order valence-electron chi connectivity index (χ0n) is 17.2. The van der Waals surface area contributed by atoms with Gasteiger partial charge in [-0.15, -0.1) is 0 Å². The average molecular weight is 376 g/mol. The number of imidazole rings is 1. The summed E-state index contributed by atoms with van der Waals surface area (Å²) in [4.78, 5) is 8.28. The summed E-state index contributed by atoms with van der Waals surface area (Å²) < 4.78 is 1.93. The number of hydrogen-bond donors (Lipinski definition) is 1. The maximum absolute atomic E-state index is 11.2. The Balaban J connectivity index is 1.90. The fourth-order valence-corrected chi connectivity index (χ4v) is 4.38. The van der Waals surface area contributed by atoms with Crippen LogP contribution >= 0.6 is 0 Å². The highest BCUT2D eigenvalue weighted by molar-refractivity contribution is 5.70. The number of aromatic nitrogens is 3. The maximum atomic E-state index is 11.2. The van der Waals surface area contributed by atoms with Gasteiger partial charge in [-0.1, -0.05) is 33.8 Å². The van der Waals surface area contributed by atoms with Gasteiger partial charge in [-0.25, -0.2) is 4.98 Å². The van der Waals surface area contributed by atoms with E-state index >= 15 is 0 Å². The van der Waals surface area contributed by atoms with Crippen molar-refractivity contribution in [2.75, 3.05) is 0 Å². The summed E-state index contributed by atoms with van der Waals surface area (Å²) in [5.41, 5.74) is 6.15. The zero-order chi connectivity index (χ0) is 19.9. The fourth-order valence-electron chi connectivity index (χ4n) is 4.38. The molecule has 4 heteroatoms. The van der Waals surface area contributed by atoms with Crippen molar-refractivity contribution in [3.05, 3.63) is 72.1 Å². The summed E-state index contributed by atoms with van der Waals surface area (Å²) in [6, 6.07) is 8.62. The Morgan fingerprint density at radius 2 is 1.61 bits per heavy atom. The normalized spacial score (nSPS) is 18.5. The molecule has 4 rings (SSSR count). The Morgan fingerprint density at radius 3 is 2.21 bits per heavy atom. The van der Waals surface area contributed by atoms with E-state index in [-0.39, 0.29) is 10.8 Å². The van der Waals surface area contributed by atoms with E-state index in [4.69, 9.17) is 0 Å². The van der Waals surface area contributed by atoms with Crippen LogP contribution < -0.4 is 0 Å². The smallest absolute Gasteiger partial charge is 0.0975 e. The zero-order valence-corrected chi connectivity index (χ0v) is 17.2. The molecule has 0 radical (unpaired) electrons. The number of aliphatic hydroxyl groups excluding tert-OH is 1. The lowest BCUT2D eigenvalue weighted by atomic mass is 9.62. The van der Waals surface area contributed by atoms with Crippen LogP contribution in [0.3, 0.4) is 0 Å². The van der Waals surface area contributed by atoms with E-state index in [1.54, 1.807) is 12.5 Å². The molecule has 1 atom stereocenters. The van der Waals surface area contributed by atoms with E-state index in [0.717, 1.165) is 23.1 Å². The van der Waals surface area contributed by atoms with Gasteiger partial charge < -0.3 is 9.67 Å². The molecule has 1 unspecified atom stereocenters. The first-order chi connectivity index (χ1) is 13.3. The van der Waals surface area contributed by atoms with Crippen LogP contribution in [0, 0.1) is 0 Å². The second-order valence-corrected chi connectivity index (χ2v) is 9.26. The molecular weight excluding hydrogens is 346 g/mol. The molecule has 1 aromatic carbocycles. The molecule has 146 valence electrons. The predicted octanol–water partition coefficient (Wildman–Crippen LogP) is 5.03. The van der Waals surface area contributed by atoms with Gasteiger partial charge in [0, 0.05) is 24.8 Å². The molecule has 0 spiro atoms. The number of fused-ring (bicyclic) bond motifs is 1. The highest BCUT2D eigenvalue weighted by Gasteiger charge is 2.38. The van der Waals surface area contributed by atoms with E-state index in [9.17, 15) is 5.11 Å². The van der Waals surface area contributed by atoms with Gasteiger partial charge in [0.2, 0.25) is 0 Å². The summed E-state index contributed by atoms with van der Waals surface area (Å²) in [6.07, 6.45) is 10.7. The molecule has 0 fully saturated rings. The first kappa shape index (κ1) is 18.9. The number of pyridine rings is 1. The van der Waals surface area contributed by atoms with Crippen LogP contribution in [0.15, 0.2) is 55.4 Å². The monoisotopic (exact) mass is 375 g/mol. The van der Waals surface area contributed by atoms with Crippen molar-refractivity contribution < 1.29 is 5.11 Å². The highest BCUT2D eigenvalue weighted by atomic mass is 16.3. The summed E-state index contributed by atoms with van der Waals surface area (Å²) in [5.74, 6) is 0. The van der Waals surface area contributed by atoms with Gasteiger partial charge in [0.25, 0.3) is 0 Å². The molecular formula is C24H29N3O. The number of rotatable bonds is 4. The maximum Gasteiger partial charge on any atom is 0.0975 e. The van der Waals surface area contributed by atoms with Crippen LogP contribution in [0.2, 0.25) is 0 Å². The molecule has 3 aromatic rings. The molecule has 1 N–H and O–H groups in total. The molecule has 2 aromatic heterocycles. The molecule has 1 aliphatic carbocycles. The molecule has 2 heterocycles. The van der Waals surface area contributed by atoms with Crippen molar-refractivity contribution in [2.24, 2.45) is 0 Å². The Bertz CT molecular complexity index is 959. The largest absolute Gasteiger partial charge is 0.387 e. The van der Waals surface area contributed by atoms with Crippen molar-refractivity contribution in [3.63, 3.8) is 0 Å². The van der Waals surface area contributed by atoms with Gasteiger partial charge in [-0.3, -0.25) is 4.98 Å². The number of nitrogens with zero attached hydrogens (tertiary/aromatic N) is 3. The van der Waals surface area contributed by atoms with Crippen molar-refractivity contribution in [1.29, 1.82) is 0 Å². The standard InChI is InChI=1S/C24H29N3O/c1-23(2)7-8-24(3,4)21-14-19(22(28)15-27-12-11-26-16-27)18(13-20(21)23)17-5-9-25-10-6-17/h5-6,9-14,16,22,28H,7-8,15H2,1-4H3. The lowest BCUT2D eigenvalue weighted by molar-refractivity contribution is 0.156. The van der Waals surface area contributed by atoms with E-state index in [0.29, 0.717) is 6.54 Å². The lowest BCUT2D eigenvalue weighted by Gasteiger charge is -2.42. The van der Waals surface area contributed by atoms with Crippen LogP contribution in [0.5, 0.6) is 0 Å². The van der Waals surface area contributed by atoms with Crippen LogP contribution in [-0.4, -0.2) is 19.6 Å². The minimum absolute atomic E-state index is 0.102. The second kappa shape index (κ2) is 6.85. The Morgan fingerprint density at radius 1 is 0.964 bits per heavy atom. The van der Waals surface area contributed by atoms with Gasteiger partial charge in [0.1, 0.15) is 0 Å². The molecule has 0 saturated carbocycles. The topological polar surface area (TPSA) is 50.9 Å². The Kier molecular flexibility index (Phi) is 4.62. The minimum atomic E-state index is -0.608. The molecule has 28 heavy (non-hydrogen) atoms. The summed E-state index contributed by atoms with van der Waals surface area (Å²) in [7, 11) is 0. The van der Waals surface area contributed by atoms with Gasteiger partial charge in [-0.05, 0) is 69.7 Å². The van der Waals surface area contributed by atoms with Crippen molar-refractivity contribution in [2.45, 2.75) is 64.0 Å². The Hall–Kier alpha value is -2.46. The summed E-state index contributed by atoms with van der Waals surface area (Å²) in [5, 5.41) is 11.2. The van der Waals surface area contributed by atoms with Crippen LogP contribution in [-0.2, 0) is 17.4 Å². The third-order valence-corrected chi connectivity index (χ3v) is 6.32. The number of aliphatic hydroxyl groups is 1. The quantitative estimate of drug-likeness (QED) is 0.696. The highest BCUT2D eigenvalue weighted by Crippen LogP contribution is 2.48. The summed E-state index contributed by atoms with van der Waals surface area (Å²) in [6.45, 7) is 9.79. The Labute approximate surface area is 167 Å². The van der Waals surface area contributed by atoms with Gasteiger partial charge in [0.15, 0.2) is 0 Å². The van der Waals surface area contributed by atoms with Gasteiger partial charge in [0.05, 0.1) is 19.0 Å². The predicted molar refractivity (Wildman–Crippen MR) is 112 cm³/mol. The van der Waals surface area contributed by atoms with Crippen LogP contribution in [0.4, 0.5) is 0 Å². The van der Waals surface area contributed by atoms with E-state index in [2.05, 4.69) is 49.8 Å².